The van der Waals surface area contributed by atoms with Crippen LogP contribution in [0.15, 0.2) is 36.4 Å². The van der Waals surface area contributed by atoms with Crippen molar-refractivity contribution in [3.63, 3.8) is 0 Å². The van der Waals surface area contributed by atoms with E-state index in [1.807, 2.05) is 12.1 Å². The topological polar surface area (TPSA) is 23.8 Å². The Balaban J connectivity index is 1.25. The summed E-state index contributed by atoms with van der Waals surface area (Å²) in [6, 6.07) is 10.7. The molecule has 29 heavy (non-hydrogen) atoms. The van der Waals surface area contributed by atoms with E-state index in [1.54, 1.807) is 0 Å². The molecule has 0 N–H and O–H groups in total. The highest BCUT2D eigenvalue weighted by Gasteiger charge is 2.38. The highest BCUT2D eigenvalue weighted by Crippen LogP contribution is 2.51. The van der Waals surface area contributed by atoms with Crippen molar-refractivity contribution in [2.75, 3.05) is 0 Å². The summed E-state index contributed by atoms with van der Waals surface area (Å²) in [5.41, 5.74) is 2.26. The smallest absolute Gasteiger partial charge is 0.0991 e. The van der Waals surface area contributed by atoms with Crippen molar-refractivity contribution in [1.29, 1.82) is 5.26 Å². The second kappa shape index (κ2) is 9.97. The molecule has 0 aliphatic heterocycles. The molecule has 3 aliphatic carbocycles. The normalized spacial score (nSPS) is 35.2. The molecule has 0 amide bonds. The van der Waals surface area contributed by atoms with Crippen molar-refractivity contribution in [2.45, 2.75) is 89.9 Å². The lowest BCUT2D eigenvalue weighted by molar-refractivity contribution is 0.0713. The van der Waals surface area contributed by atoms with Crippen LogP contribution in [0.5, 0.6) is 0 Å². The van der Waals surface area contributed by atoms with Crippen molar-refractivity contribution in [1.82, 2.24) is 0 Å². The van der Waals surface area contributed by atoms with E-state index in [-0.39, 0.29) is 0 Å². The van der Waals surface area contributed by atoms with Gasteiger partial charge in [0, 0.05) is 0 Å². The minimum absolute atomic E-state index is 0.730. The summed E-state index contributed by atoms with van der Waals surface area (Å²) in [5, 5.41) is 9.04. The highest BCUT2D eigenvalue weighted by molar-refractivity contribution is 5.33. The highest BCUT2D eigenvalue weighted by atomic mass is 14.4. The summed E-state index contributed by atoms with van der Waals surface area (Å²) in [7, 11) is 0. The molecule has 0 aromatic heterocycles. The number of fused-ring (bicyclic) bond motifs is 1. The minimum Gasteiger partial charge on any atom is -0.192 e. The molecule has 0 heterocycles. The molecule has 1 aromatic carbocycles. The van der Waals surface area contributed by atoms with Gasteiger partial charge in [-0.05, 0) is 124 Å². The molecule has 3 saturated carbocycles. The van der Waals surface area contributed by atoms with Gasteiger partial charge in [0.2, 0.25) is 0 Å². The molecule has 0 spiro atoms. The van der Waals surface area contributed by atoms with Gasteiger partial charge >= 0.3 is 0 Å². The molecule has 4 atom stereocenters. The van der Waals surface area contributed by atoms with Crippen molar-refractivity contribution in [3.8, 4) is 6.07 Å². The average Bonchev–Trinajstić information content (AvgIpc) is 2.79. The lowest BCUT2D eigenvalue weighted by atomic mass is 9.60. The van der Waals surface area contributed by atoms with Crippen LogP contribution in [0.1, 0.15) is 101 Å². The molecule has 4 unspecified atom stereocenters. The van der Waals surface area contributed by atoms with Gasteiger partial charge < -0.3 is 0 Å². The van der Waals surface area contributed by atoms with Crippen LogP contribution >= 0.6 is 0 Å². The number of allylic oxidation sites excluding steroid dienone is 2. The fourth-order valence-electron chi connectivity index (χ4n) is 6.93. The third-order valence-corrected chi connectivity index (χ3v) is 8.70. The Morgan fingerprint density at radius 2 is 1.45 bits per heavy atom. The number of rotatable bonds is 5. The maximum absolute atomic E-state index is 9.04. The summed E-state index contributed by atoms with van der Waals surface area (Å²) in [6.45, 7) is 2.14. The Morgan fingerprint density at radius 3 is 2.14 bits per heavy atom. The molecule has 156 valence electrons. The molecule has 0 bridgehead atoms. The van der Waals surface area contributed by atoms with Gasteiger partial charge in [-0.2, -0.15) is 5.26 Å². The first-order valence-electron chi connectivity index (χ1n) is 12.4. The zero-order valence-corrected chi connectivity index (χ0v) is 18.4. The Morgan fingerprint density at radius 1 is 0.828 bits per heavy atom. The summed E-state index contributed by atoms with van der Waals surface area (Å²) in [6.07, 6.45) is 22.0. The van der Waals surface area contributed by atoms with E-state index in [0.717, 1.165) is 41.1 Å². The Hall–Kier alpha value is -1.55. The SMILES string of the molecule is C/C=C/CCC1CCC(C2CCC3CC(c4ccc(C#N)cc4)CCC3C2)CC1. The van der Waals surface area contributed by atoms with Crippen LogP contribution in [0.2, 0.25) is 0 Å². The molecule has 3 aliphatic rings. The predicted octanol–water partition coefficient (Wildman–Crippen LogP) is 8.02. The van der Waals surface area contributed by atoms with Crippen molar-refractivity contribution >= 4 is 0 Å². The summed E-state index contributed by atoms with van der Waals surface area (Å²) in [4.78, 5) is 0. The summed E-state index contributed by atoms with van der Waals surface area (Å²) in [5.74, 6) is 5.74. The first kappa shape index (κ1) is 20.7. The zero-order valence-electron chi connectivity index (χ0n) is 18.4. The van der Waals surface area contributed by atoms with E-state index < -0.39 is 0 Å². The van der Waals surface area contributed by atoms with E-state index in [0.29, 0.717) is 0 Å². The van der Waals surface area contributed by atoms with Gasteiger partial charge in [0.25, 0.3) is 0 Å². The largest absolute Gasteiger partial charge is 0.192 e. The standard InChI is InChI=1S/C28H39N/c1-2-3-4-5-21-6-10-23(11-7-21)25-14-16-28-19-26(15-17-27(28)18-25)24-12-8-22(20-29)9-13-24/h2-3,8-9,12-13,21,23,25-28H,4-7,10-11,14-19H2,1H3/b3-2+. The summed E-state index contributed by atoms with van der Waals surface area (Å²) >= 11 is 0. The van der Waals surface area contributed by atoms with Crippen molar-refractivity contribution in [3.05, 3.63) is 47.5 Å². The van der Waals surface area contributed by atoms with Crippen molar-refractivity contribution in [2.24, 2.45) is 29.6 Å². The lowest BCUT2D eigenvalue weighted by Crippen LogP contribution is -2.34. The Bertz CT molecular complexity index is 701. The fourth-order valence-corrected chi connectivity index (χ4v) is 6.93. The summed E-state index contributed by atoms with van der Waals surface area (Å²) < 4.78 is 0. The number of nitriles is 1. The molecule has 1 nitrogen and oxygen atoms in total. The van der Waals surface area contributed by atoms with Gasteiger partial charge in [0.1, 0.15) is 0 Å². The molecular formula is C28H39N. The van der Waals surface area contributed by atoms with Crippen LogP contribution in [0.25, 0.3) is 0 Å². The Labute approximate surface area is 178 Å². The first-order valence-corrected chi connectivity index (χ1v) is 12.4. The van der Waals surface area contributed by atoms with Gasteiger partial charge in [-0.15, -0.1) is 0 Å². The quantitative estimate of drug-likeness (QED) is 0.468. The van der Waals surface area contributed by atoms with Gasteiger partial charge in [-0.3, -0.25) is 0 Å². The second-order valence-corrected chi connectivity index (χ2v) is 10.3. The van der Waals surface area contributed by atoms with Crippen LogP contribution in [0.4, 0.5) is 0 Å². The minimum atomic E-state index is 0.730. The lowest BCUT2D eigenvalue weighted by Gasteiger charge is -2.45. The van der Waals surface area contributed by atoms with Gasteiger partial charge in [0.05, 0.1) is 11.6 Å². The van der Waals surface area contributed by atoms with E-state index in [2.05, 4.69) is 37.3 Å². The molecule has 0 radical (unpaired) electrons. The predicted molar refractivity (Wildman–Crippen MR) is 122 cm³/mol. The number of benzene rings is 1. The van der Waals surface area contributed by atoms with Crippen molar-refractivity contribution < 1.29 is 0 Å². The third kappa shape index (κ3) is 5.14. The van der Waals surface area contributed by atoms with E-state index in [9.17, 15) is 0 Å². The monoisotopic (exact) mass is 389 g/mol. The van der Waals surface area contributed by atoms with E-state index >= 15 is 0 Å². The first-order chi connectivity index (χ1) is 14.3. The van der Waals surface area contributed by atoms with E-state index in [4.69, 9.17) is 5.26 Å². The van der Waals surface area contributed by atoms with Crippen LogP contribution in [-0.4, -0.2) is 0 Å². The number of hydrogen-bond donors (Lipinski definition) is 0. The molecule has 0 saturated heterocycles. The maximum Gasteiger partial charge on any atom is 0.0991 e. The molecule has 1 heteroatoms. The van der Waals surface area contributed by atoms with Crippen LogP contribution in [-0.2, 0) is 0 Å². The van der Waals surface area contributed by atoms with Crippen LogP contribution in [0, 0.1) is 40.9 Å². The molecule has 3 fully saturated rings. The molecule has 1 aromatic rings. The van der Waals surface area contributed by atoms with Gasteiger partial charge in [0.15, 0.2) is 0 Å². The Kier molecular flexibility index (Phi) is 7.12. The zero-order chi connectivity index (χ0) is 20.1. The fraction of sp³-hybridized carbons (Fsp3) is 0.679. The maximum atomic E-state index is 9.04. The molecule has 4 rings (SSSR count). The molecular weight excluding hydrogens is 350 g/mol. The number of hydrogen-bond acceptors (Lipinski definition) is 1. The van der Waals surface area contributed by atoms with Crippen LogP contribution < -0.4 is 0 Å². The number of nitrogens with zero attached hydrogens (tertiary/aromatic N) is 1. The third-order valence-electron chi connectivity index (χ3n) is 8.70. The van der Waals surface area contributed by atoms with E-state index in [1.165, 1.54) is 82.6 Å². The second-order valence-electron chi connectivity index (χ2n) is 10.3. The van der Waals surface area contributed by atoms with Crippen LogP contribution in [0.3, 0.4) is 0 Å². The average molecular weight is 390 g/mol. The van der Waals surface area contributed by atoms with Gasteiger partial charge in [-0.1, -0.05) is 37.1 Å². The van der Waals surface area contributed by atoms with Gasteiger partial charge in [-0.25, -0.2) is 0 Å².